The van der Waals surface area contributed by atoms with Crippen LogP contribution in [0.1, 0.15) is 30.0 Å². The van der Waals surface area contributed by atoms with Crippen molar-refractivity contribution >= 4 is 55.6 Å². The summed E-state index contributed by atoms with van der Waals surface area (Å²) in [7, 11) is 0. The molecule has 0 bridgehead atoms. The van der Waals surface area contributed by atoms with Gasteiger partial charge >= 0.3 is 0 Å². The van der Waals surface area contributed by atoms with Crippen LogP contribution in [0, 0.1) is 6.92 Å². The average molecular weight is 603 g/mol. The highest BCUT2D eigenvalue weighted by Crippen LogP contribution is 2.37. The molecular formula is C26H25Br2N3O4. The average Bonchev–Trinajstić information content (AvgIpc) is 2.81. The second-order valence-corrected chi connectivity index (χ2v) is 9.33. The van der Waals surface area contributed by atoms with E-state index in [0.29, 0.717) is 40.4 Å². The molecule has 0 fully saturated rings. The van der Waals surface area contributed by atoms with Crippen molar-refractivity contribution in [3.05, 3.63) is 86.3 Å². The predicted octanol–water partition coefficient (Wildman–Crippen LogP) is 5.98. The highest BCUT2D eigenvalue weighted by atomic mass is 79.9. The number of nitrogens with one attached hydrogen (secondary N) is 2. The van der Waals surface area contributed by atoms with E-state index in [9.17, 15) is 9.59 Å². The van der Waals surface area contributed by atoms with Gasteiger partial charge < -0.3 is 14.8 Å². The summed E-state index contributed by atoms with van der Waals surface area (Å²) in [6.07, 6.45) is 1.13. The predicted molar refractivity (Wildman–Crippen MR) is 144 cm³/mol. The fraction of sp³-hybridized carbons (Fsp3) is 0.192. The van der Waals surface area contributed by atoms with E-state index in [-0.39, 0.29) is 6.42 Å². The van der Waals surface area contributed by atoms with Crippen molar-refractivity contribution in [1.82, 2.24) is 5.43 Å². The van der Waals surface area contributed by atoms with Crippen molar-refractivity contribution in [3.8, 4) is 11.5 Å². The van der Waals surface area contributed by atoms with Gasteiger partial charge in [-0.25, -0.2) is 5.43 Å². The number of hydrogen-bond acceptors (Lipinski definition) is 5. The largest absolute Gasteiger partial charge is 0.490 e. The van der Waals surface area contributed by atoms with Crippen LogP contribution in [0.3, 0.4) is 0 Å². The van der Waals surface area contributed by atoms with Gasteiger partial charge in [-0.3, -0.25) is 9.59 Å². The minimum absolute atomic E-state index is 0.345. The first-order valence-electron chi connectivity index (χ1n) is 10.9. The van der Waals surface area contributed by atoms with Gasteiger partial charge in [0.25, 0.3) is 0 Å². The molecule has 182 valence electrons. The van der Waals surface area contributed by atoms with Gasteiger partial charge in [-0.2, -0.15) is 5.10 Å². The summed E-state index contributed by atoms with van der Waals surface area (Å²) in [5.41, 5.74) is 5.78. The number of nitrogens with zero attached hydrogens (tertiary/aromatic N) is 1. The van der Waals surface area contributed by atoms with Gasteiger partial charge in [0.05, 0.1) is 17.3 Å². The number of benzene rings is 3. The molecule has 35 heavy (non-hydrogen) atoms. The smallest absolute Gasteiger partial charge is 0.249 e. The third kappa shape index (κ3) is 8.52. The van der Waals surface area contributed by atoms with E-state index in [1.807, 2.05) is 50.2 Å². The second-order valence-electron chi connectivity index (χ2n) is 7.56. The van der Waals surface area contributed by atoms with Crippen LogP contribution in [-0.4, -0.2) is 24.6 Å². The van der Waals surface area contributed by atoms with Gasteiger partial charge in [-0.1, -0.05) is 45.8 Å². The molecule has 2 N–H and O–H groups in total. The van der Waals surface area contributed by atoms with E-state index in [4.69, 9.17) is 9.47 Å². The van der Waals surface area contributed by atoms with E-state index >= 15 is 0 Å². The zero-order valence-electron chi connectivity index (χ0n) is 19.3. The number of carbonyl (C=O) groups is 2. The molecule has 3 aromatic carbocycles. The Balaban J connectivity index is 1.58. The van der Waals surface area contributed by atoms with Crippen LogP contribution in [0.15, 0.2) is 74.7 Å². The number of ether oxygens (including phenoxy) is 2. The molecule has 0 unspecified atom stereocenters. The lowest BCUT2D eigenvalue weighted by molar-refractivity contribution is -0.126. The van der Waals surface area contributed by atoms with Crippen LogP contribution in [0.4, 0.5) is 5.69 Å². The Hall–Kier alpha value is -3.17. The molecule has 3 aromatic rings. The molecule has 7 nitrogen and oxygen atoms in total. The summed E-state index contributed by atoms with van der Waals surface area (Å²) in [5.74, 6) is 0.174. The third-order valence-electron chi connectivity index (χ3n) is 4.69. The monoisotopic (exact) mass is 601 g/mol. The van der Waals surface area contributed by atoms with Crippen LogP contribution in [0.2, 0.25) is 0 Å². The Morgan fingerprint density at radius 2 is 1.69 bits per heavy atom. The fourth-order valence-corrected chi connectivity index (χ4v) is 3.85. The molecule has 0 radical (unpaired) electrons. The highest BCUT2D eigenvalue weighted by Gasteiger charge is 2.13. The van der Waals surface area contributed by atoms with Crippen molar-refractivity contribution in [2.24, 2.45) is 5.10 Å². The van der Waals surface area contributed by atoms with Crippen LogP contribution >= 0.6 is 31.9 Å². The van der Waals surface area contributed by atoms with Crippen molar-refractivity contribution in [1.29, 1.82) is 0 Å². The first-order chi connectivity index (χ1) is 16.8. The minimum Gasteiger partial charge on any atom is -0.490 e. The lowest BCUT2D eigenvalue weighted by Gasteiger charge is -2.14. The molecule has 0 heterocycles. The number of amides is 2. The van der Waals surface area contributed by atoms with Crippen LogP contribution in [-0.2, 0) is 16.2 Å². The molecular weight excluding hydrogens is 578 g/mol. The van der Waals surface area contributed by atoms with Crippen molar-refractivity contribution < 1.29 is 19.1 Å². The second kappa shape index (κ2) is 13.1. The van der Waals surface area contributed by atoms with Gasteiger partial charge in [0.2, 0.25) is 11.8 Å². The summed E-state index contributed by atoms with van der Waals surface area (Å²) in [6, 6.07) is 18.8. The maximum absolute atomic E-state index is 12.1. The quantitative estimate of drug-likeness (QED) is 0.170. The first-order valence-corrected chi connectivity index (χ1v) is 12.4. The molecule has 3 rings (SSSR count). The maximum Gasteiger partial charge on any atom is 0.249 e. The number of carbonyl (C=O) groups excluding carboxylic acids is 2. The van der Waals surface area contributed by atoms with Crippen molar-refractivity contribution in [2.45, 2.75) is 26.9 Å². The Morgan fingerprint density at radius 1 is 0.971 bits per heavy atom. The molecule has 0 spiro atoms. The van der Waals surface area contributed by atoms with Crippen LogP contribution < -0.4 is 20.2 Å². The molecule has 9 heteroatoms. The van der Waals surface area contributed by atoms with Gasteiger partial charge in [0.1, 0.15) is 13.0 Å². The summed E-state index contributed by atoms with van der Waals surface area (Å²) in [4.78, 5) is 24.1. The van der Waals surface area contributed by atoms with Crippen molar-refractivity contribution in [3.63, 3.8) is 0 Å². The Labute approximate surface area is 221 Å². The lowest BCUT2D eigenvalue weighted by atomic mass is 10.2. The minimum atomic E-state index is -0.524. The fourth-order valence-electron chi connectivity index (χ4n) is 3.01. The molecule has 0 saturated carbocycles. The number of anilines is 1. The lowest BCUT2D eigenvalue weighted by Crippen LogP contribution is -2.24. The van der Waals surface area contributed by atoms with E-state index in [2.05, 4.69) is 47.7 Å². The van der Waals surface area contributed by atoms with E-state index in [1.165, 1.54) is 6.21 Å². The van der Waals surface area contributed by atoms with Gasteiger partial charge in [-0.15, -0.1) is 0 Å². The molecule has 0 saturated heterocycles. The summed E-state index contributed by atoms with van der Waals surface area (Å²) in [6.45, 7) is 4.67. The molecule has 0 aliphatic carbocycles. The molecule has 0 aliphatic heterocycles. The van der Waals surface area contributed by atoms with E-state index in [1.54, 1.807) is 24.3 Å². The number of aryl methyl sites for hydroxylation is 1. The topological polar surface area (TPSA) is 89.0 Å². The van der Waals surface area contributed by atoms with Crippen LogP contribution in [0.25, 0.3) is 0 Å². The zero-order valence-corrected chi connectivity index (χ0v) is 22.5. The molecule has 2 amide bonds. The summed E-state index contributed by atoms with van der Waals surface area (Å²) < 4.78 is 13.4. The number of halogens is 2. The summed E-state index contributed by atoms with van der Waals surface area (Å²) >= 11 is 6.95. The maximum atomic E-state index is 12.1. The Morgan fingerprint density at radius 3 is 2.37 bits per heavy atom. The Kier molecular flexibility index (Phi) is 9.86. The van der Waals surface area contributed by atoms with Crippen molar-refractivity contribution in [2.75, 3.05) is 11.9 Å². The number of hydrazone groups is 1. The summed E-state index contributed by atoms with van der Waals surface area (Å²) in [5, 5.41) is 6.64. The van der Waals surface area contributed by atoms with Crippen LogP contribution in [0.5, 0.6) is 11.5 Å². The first kappa shape index (κ1) is 26.4. The zero-order chi connectivity index (χ0) is 25.2. The normalized spacial score (nSPS) is 10.7. The Bertz CT molecular complexity index is 1200. The van der Waals surface area contributed by atoms with Gasteiger partial charge in [0, 0.05) is 10.2 Å². The SMILES string of the molecule is CCOc1cc(C=NNC(=O)CC(=O)Nc2ccc(C)cc2)cc(Br)c1OCc1ccc(Br)cc1. The standard InChI is InChI=1S/C26H25Br2N3O4/c1-3-34-23-13-19(12-22(28)26(23)35-16-18-6-8-20(27)9-7-18)15-29-31-25(33)14-24(32)30-21-10-4-17(2)5-11-21/h4-13,15H,3,14,16H2,1-2H3,(H,30,32)(H,31,33). The van der Waals surface area contributed by atoms with Gasteiger partial charge in [-0.05, 0) is 77.3 Å². The third-order valence-corrected chi connectivity index (χ3v) is 5.81. The van der Waals surface area contributed by atoms with Gasteiger partial charge in [0.15, 0.2) is 11.5 Å². The number of rotatable bonds is 10. The van der Waals surface area contributed by atoms with E-state index < -0.39 is 11.8 Å². The molecule has 0 aliphatic rings. The molecule has 0 atom stereocenters. The molecule has 0 aromatic heterocycles. The highest BCUT2D eigenvalue weighted by molar-refractivity contribution is 9.10. The van der Waals surface area contributed by atoms with E-state index in [0.717, 1.165) is 15.6 Å². The number of hydrogen-bond donors (Lipinski definition) is 2.